The molecular weight excluding hydrogens is 372 g/mol. The SMILES string of the molecule is CCCc1c(OCc2ccccc2)ccc(C(=O)CC(=O)CCC(=O)OC)c1O. The number of benzene rings is 2. The van der Waals surface area contributed by atoms with E-state index in [0.717, 1.165) is 12.0 Å². The first-order chi connectivity index (χ1) is 14.0. The summed E-state index contributed by atoms with van der Waals surface area (Å²) in [6.45, 7) is 2.31. The summed E-state index contributed by atoms with van der Waals surface area (Å²) in [6.07, 6.45) is 0.778. The Hall–Kier alpha value is -3.15. The van der Waals surface area contributed by atoms with Gasteiger partial charge in [-0.25, -0.2) is 0 Å². The van der Waals surface area contributed by atoms with Crippen molar-refractivity contribution < 1.29 is 29.0 Å². The molecule has 0 heterocycles. The average molecular weight is 398 g/mol. The molecule has 0 aliphatic heterocycles. The third-order valence-electron chi connectivity index (χ3n) is 4.47. The zero-order valence-electron chi connectivity index (χ0n) is 16.8. The zero-order chi connectivity index (χ0) is 21.2. The minimum Gasteiger partial charge on any atom is -0.507 e. The molecule has 2 rings (SSSR count). The van der Waals surface area contributed by atoms with Crippen LogP contribution in [0.15, 0.2) is 42.5 Å². The molecule has 6 nitrogen and oxygen atoms in total. The van der Waals surface area contributed by atoms with Gasteiger partial charge in [-0.05, 0) is 24.1 Å². The molecule has 0 fully saturated rings. The van der Waals surface area contributed by atoms with E-state index in [1.165, 1.54) is 13.2 Å². The topological polar surface area (TPSA) is 89.9 Å². The number of Topliss-reactive ketones (excluding diaryl/α,β-unsaturated/α-hetero) is 2. The van der Waals surface area contributed by atoms with Gasteiger partial charge in [-0.2, -0.15) is 0 Å². The standard InChI is InChI=1S/C23H26O6/c1-3-7-19-21(29-15-16-8-5-4-6-9-16)12-11-18(23(19)27)20(25)14-17(24)10-13-22(26)28-2/h4-6,8-9,11-12,27H,3,7,10,13-15H2,1-2H3. The van der Waals surface area contributed by atoms with Gasteiger partial charge >= 0.3 is 5.97 Å². The summed E-state index contributed by atoms with van der Waals surface area (Å²) in [5, 5.41) is 10.7. The van der Waals surface area contributed by atoms with Crippen molar-refractivity contribution in [3.63, 3.8) is 0 Å². The molecule has 29 heavy (non-hydrogen) atoms. The van der Waals surface area contributed by atoms with Gasteiger partial charge in [-0.1, -0.05) is 43.7 Å². The van der Waals surface area contributed by atoms with Gasteiger partial charge in [0.1, 0.15) is 23.9 Å². The quantitative estimate of drug-likeness (QED) is 0.349. The lowest BCUT2D eigenvalue weighted by Crippen LogP contribution is -2.11. The van der Waals surface area contributed by atoms with Crippen LogP contribution in [0.1, 0.15) is 54.1 Å². The number of ketones is 2. The molecule has 0 unspecified atom stereocenters. The van der Waals surface area contributed by atoms with E-state index in [-0.39, 0.29) is 36.4 Å². The summed E-state index contributed by atoms with van der Waals surface area (Å²) in [4.78, 5) is 35.6. The van der Waals surface area contributed by atoms with Gasteiger partial charge in [-0.15, -0.1) is 0 Å². The van der Waals surface area contributed by atoms with E-state index in [4.69, 9.17) is 4.74 Å². The van der Waals surface area contributed by atoms with E-state index in [0.29, 0.717) is 24.3 Å². The minimum absolute atomic E-state index is 0.0675. The second-order valence-corrected chi connectivity index (χ2v) is 6.68. The van der Waals surface area contributed by atoms with Gasteiger partial charge in [0.05, 0.1) is 25.5 Å². The summed E-state index contributed by atoms with van der Waals surface area (Å²) < 4.78 is 10.4. The van der Waals surface area contributed by atoms with Crippen molar-refractivity contribution >= 4 is 17.5 Å². The van der Waals surface area contributed by atoms with E-state index >= 15 is 0 Å². The summed E-state index contributed by atoms with van der Waals surface area (Å²) in [5.74, 6) is -0.991. The number of carbonyl (C=O) groups is 3. The smallest absolute Gasteiger partial charge is 0.305 e. The molecule has 0 saturated carbocycles. The number of esters is 1. The number of carbonyl (C=O) groups excluding carboxylic acids is 3. The molecule has 6 heteroatoms. The molecule has 0 spiro atoms. The van der Waals surface area contributed by atoms with E-state index in [9.17, 15) is 19.5 Å². The molecule has 0 aromatic heterocycles. The largest absolute Gasteiger partial charge is 0.507 e. The molecule has 0 aliphatic carbocycles. The highest BCUT2D eigenvalue weighted by atomic mass is 16.5. The molecule has 0 amide bonds. The van der Waals surface area contributed by atoms with Gasteiger partial charge < -0.3 is 14.6 Å². The molecule has 1 N–H and O–H groups in total. The fourth-order valence-corrected chi connectivity index (χ4v) is 2.91. The molecular formula is C23H26O6. The Bertz CT molecular complexity index is 857. The summed E-state index contributed by atoms with van der Waals surface area (Å²) >= 11 is 0. The van der Waals surface area contributed by atoms with Crippen LogP contribution in [0.3, 0.4) is 0 Å². The molecule has 0 aliphatic rings. The van der Waals surface area contributed by atoms with Crippen LogP contribution < -0.4 is 4.74 Å². The van der Waals surface area contributed by atoms with Crippen molar-refractivity contribution in [1.29, 1.82) is 0 Å². The molecule has 0 bridgehead atoms. The van der Waals surface area contributed by atoms with E-state index in [1.807, 2.05) is 37.3 Å². The highest BCUT2D eigenvalue weighted by Crippen LogP contribution is 2.34. The van der Waals surface area contributed by atoms with Gasteiger partial charge in [0.15, 0.2) is 5.78 Å². The van der Waals surface area contributed by atoms with Crippen LogP contribution in [-0.2, 0) is 27.4 Å². The lowest BCUT2D eigenvalue weighted by atomic mass is 9.97. The molecule has 2 aromatic rings. The third-order valence-corrected chi connectivity index (χ3v) is 4.47. The van der Waals surface area contributed by atoms with Crippen LogP contribution in [-0.4, -0.2) is 29.8 Å². The summed E-state index contributed by atoms with van der Waals surface area (Å²) in [5.41, 5.74) is 1.63. The highest BCUT2D eigenvalue weighted by Gasteiger charge is 2.20. The van der Waals surface area contributed by atoms with E-state index in [1.54, 1.807) is 6.07 Å². The second kappa shape index (κ2) is 11.0. The monoisotopic (exact) mass is 398 g/mol. The van der Waals surface area contributed by atoms with Crippen molar-refractivity contribution in [3.8, 4) is 11.5 Å². The Morgan fingerprint density at radius 1 is 1.00 bits per heavy atom. The van der Waals surface area contributed by atoms with Crippen LogP contribution >= 0.6 is 0 Å². The Morgan fingerprint density at radius 2 is 1.72 bits per heavy atom. The third kappa shape index (κ3) is 6.45. The first-order valence-electron chi connectivity index (χ1n) is 9.59. The van der Waals surface area contributed by atoms with Gasteiger partial charge in [0.2, 0.25) is 0 Å². The maximum absolute atomic E-state index is 12.5. The predicted molar refractivity (Wildman–Crippen MR) is 108 cm³/mol. The number of rotatable bonds is 11. The van der Waals surface area contributed by atoms with Crippen LogP contribution in [0.2, 0.25) is 0 Å². The number of hydrogen-bond donors (Lipinski definition) is 1. The molecule has 154 valence electrons. The Balaban J connectivity index is 2.12. The fraction of sp³-hybridized carbons (Fsp3) is 0.348. The first-order valence-corrected chi connectivity index (χ1v) is 9.59. The lowest BCUT2D eigenvalue weighted by Gasteiger charge is -2.15. The number of phenols is 1. The number of ether oxygens (including phenoxy) is 2. The molecule has 0 atom stereocenters. The highest BCUT2D eigenvalue weighted by molar-refractivity contribution is 6.09. The second-order valence-electron chi connectivity index (χ2n) is 6.68. The van der Waals surface area contributed by atoms with Crippen molar-refractivity contribution in [2.24, 2.45) is 0 Å². The van der Waals surface area contributed by atoms with Crippen molar-refractivity contribution in [1.82, 2.24) is 0 Å². The molecule has 0 radical (unpaired) electrons. The number of aromatic hydroxyl groups is 1. The summed E-state index contributed by atoms with van der Waals surface area (Å²) in [6, 6.07) is 12.8. The zero-order valence-corrected chi connectivity index (χ0v) is 16.8. The van der Waals surface area contributed by atoms with Crippen molar-refractivity contribution in [3.05, 3.63) is 59.2 Å². The van der Waals surface area contributed by atoms with Crippen LogP contribution in [0.25, 0.3) is 0 Å². The average Bonchev–Trinajstić information content (AvgIpc) is 2.73. The maximum Gasteiger partial charge on any atom is 0.305 e. The fourth-order valence-electron chi connectivity index (χ4n) is 2.91. The normalized spacial score (nSPS) is 10.4. The predicted octanol–water partition coefficient (Wildman–Crippen LogP) is 4.02. The summed E-state index contributed by atoms with van der Waals surface area (Å²) in [7, 11) is 1.24. The van der Waals surface area contributed by atoms with Crippen molar-refractivity contribution in [2.45, 2.75) is 45.6 Å². The van der Waals surface area contributed by atoms with Gasteiger partial charge in [0.25, 0.3) is 0 Å². The lowest BCUT2D eigenvalue weighted by molar-refractivity contribution is -0.141. The van der Waals surface area contributed by atoms with Crippen molar-refractivity contribution in [2.75, 3.05) is 7.11 Å². The van der Waals surface area contributed by atoms with Crippen LogP contribution in [0, 0.1) is 0 Å². The first kappa shape index (κ1) is 22.1. The minimum atomic E-state index is -0.501. The van der Waals surface area contributed by atoms with Gasteiger partial charge in [0, 0.05) is 12.0 Å². The molecule has 2 aromatic carbocycles. The molecule has 0 saturated heterocycles. The van der Waals surface area contributed by atoms with Crippen LogP contribution in [0.4, 0.5) is 0 Å². The number of hydrogen-bond acceptors (Lipinski definition) is 6. The van der Waals surface area contributed by atoms with Gasteiger partial charge in [-0.3, -0.25) is 14.4 Å². The van der Waals surface area contributed by atoms with Crippen LogP contribution in [0.5, 0.6) is 11.5 Å². The number of phenolic OH excluding ortho intramolecular Hbond substituents is 1. The Labute approximate surface area is 170 Å². The van der Waals surface area contributed by atoms with E-state index < -0.39 is 11.8 Å². The van der Waals surface area contributed by atoms with E-state index in [2.05, 4.69) is 4.74 Å². The Kier molecular flexibility index (Phi) is 8.40. The Morgan fingerprint density at radius 3 is 2.38 bits per heavy atom. The maximum atomic E-state index is 12.5. The number of methoxy groups -OCH3 is 1.